The largest absolute Gasteiger partial charge is 0.473 e. The highest BCUT2D eigenvalue weighted by molar-refractivity contribution is 6.27. The Morgan fingerprint density at radius 3 is 2.24 bits per heavy atom. The summed E-state index contributed by atoms with van der Waals surface area (Å²) in [6.45, 7) is 6.00. The Morgan fingerprint density at radius 2 is 1.81 bits per heavy atom. The number of piperidine rings is 3. The first kappa shape index (κ1) is 16.2. The Kier molecular flexibility index (Phi) is 5.96. The number of hydrogen-bond acceptors (Lipinski definition) is 5. The summed E-state index contributed by atoms with van der Waals surface area (Å²) in [6, 6.07) is 0.747. The van der Waals surface area contributed by atoms with Gasteiger partial charge in [-0.25, -0.2) is 9.59 Å². The van der Waals surface area contributed by atoms with Gasteiger partial charge in [0, 0.05) is 25.7 Å². The molecular weight excluding hydrogens is 276 g/mol. The fraction of sp³-hybridized carbons (Fsp3) is 0.857. The maximum absolute atomic E-state index is 9.10. The Labute approximate surface area is 124 Å². The van der Waals surface area contributed by atoms with Crippen molar-refractivity contribution in [2.24, 2.45) is 5.92 Å². The lowest BCUT2D eigenvalue weighted by atomic mass is 9.84. The number of fused-ring (bicyclic) bond motifs is 3. The van der Waals surface area contributed by atoms with E-state index in [4.69, 9.17) is 24.5 Å². The zero-order valence-corrected chi connectivity index (χ0v) is 12.2. The Bertz CT molecular complexity index is 350. The number of nitrogens with zero attached hydrogens (tertiary/aromatic N) is 1. The van der Waals surface area contributed by atoms with Gasteiger partial charge in [-0.3, -0.25) is 0 Å². The normalized spacial score (nSPS) is 34.1. The molecule has 4 aliphatic rings. The van der Waals surface area contributed by atoms with Crippen molar-refractivity contribution in [1.82, 2.24) is 10.2 Å². The first-order valence-corrected chi connectivity index (χ1v) is 7.60. The molecule has 21 heavy (non-hydrogen) atoms. The quantitative estimate of drug-likeness (QED) is 0.631. The van der Waals surface area contributed by atoms with E-state index in [0.29, 0.717) is 6.10 Å². The van der Waals surface area contributed by atoms with Crippen molar-refractivity contribution in [1.29, 1.82) is 0 Å². The van der Waals surface area contributed by atoms with Crippen molar-refractivity contribution in [2.75, 3.05) is 32.8 Å². The van der Waals surface area contributed by atoms with Gasteiger partial charge in [-0.05, 0) is 44.7 Å². The summed E-state index contributed by atoms with van der Waals surface area (Å²) in [6.07, 6.45) is 5.83. The van der Waals surface area contributed by atoms with Crippen LogP contribution in [0.25, 0.3) is 0 Å². The average Bonchev–Trinajstić information content (AvgIpc) is 3.00. The first-order chi connectivity index (χ1) is 10.1. The summed E-state index contributed by atoms with van der Waals surface area (Å²) in [7, 11) is 0. The predicted octanol–water partition coefficient (Wildman–Crippen LogP) is 0.00480. The van der Waals surface area contributed by atoms with Crippen LogP contribution in [0.5, 0.6) is 0 Å². The van der Waals surface area contributed by atoms with Crippen LogP contribution in [-0.4, -0.2) is 72.0 Å². The number of carboxylic acid groups (broad SMARTS) is 2. The van der Waals surface area contributed by atoms with E-state index in [9.17, 15) is 0 Å². The van der Waals surface area contributed by atoms with Crippen molar-refractivity contribution >= 4 is 11.9 Å². The molecule has 7 heteroatoms. The van der Waals surface area contributed by atoms with Gasteiger partial charge in [-0.2, -0.15) is 0 Å². The second kappa shape index (κ2) is 7.72. The molecule has 0 amide bonds. The minimum Gasteiger partial charge on any atom is -0.473 e. The van der Waals surface area contributed by atoms with Gasteiger partial charge in [0.1, 0.15) is 0 Å². The topological polar surface area (TPSA) is 99.1 Å². The van der Waals surface area contributed by atoms with Crippen LogP contribution >= 0.6 is 0 Å². The van der Waals surface area contributed by atoms with Crippen LogP contribution in [0.4, 0.5) is 0 Å². The lowest BCUT2D eigenvalue weighted by molar-refractivity contribution is -0.159. The molecule has 0 saturated carbocycles. The number of nitrogens with one attached hydrogen (secondary N) is 1. The monoisotopic (exact) mass is 300 g/mol. The van der Waals surface area contributed by atoms with Gasteiger partial charge in [-0.15, -0.1) is 0 Å². The summed E-state index contributed by atoms with van der Waals surface area (Å²) >= 11 is 0. The number of ether oxygens (including phenoxy) is 1. The fourth-order valence-corrected chi connectivity index (χ4v) is 3.28. The zero-order valence-electron chi connectivity index (χ0n) is 12.2. The van der Waals surface area contributed by atoms with Gasteiger partial charge in [-0.1, -0.05) is 0 Å². The maximum atomic E-state index is 9.10. The number of hydrogen-bond donors (Lipinski definition) is 3. The molecule has 2 bridgehead atoms. The molecule has 4 saturated heterocycles. The Balaban J connectivity index is 0.000000232. The number of rotatable bonds is 3. The maximum Gasteiger partial charge on any atom is 0.414 e. The van der Waals surface area contributed by atoms with Crippen LogP contribution in [0.2, 0.25) is 0 Å². The number of carboxylic acids is 2. The number of aliphatic carboxylic acids is 2. The molecule has 0 aromatic carbocycles. The van der Waals surface area contributed by atoms with Crippen molar-refractivity contribution in [3.8, 4) is 0 Å². The van der Waals surface area contributed by atoms with Crippen LogP contribution in [-0.2, 0) is 14.3 Å². The molecule has 2 unspecified atom stereocenters. The molecule has 4 rings (SSSR count). The van der Waals surface area contributed by atoms with Crippen molar-refractivity contribution < 1.29 is 24.5 Å². The van der Waals surface area contributed by atoms with Gasteiger partial charge in [0.15, 0.2) is 0 Å². The molecule has 120 valence electrons. The minimum atomic E-state index is -1.82. The summed E-state index contributed by atoms with van der Waals surface area (Å²) in [5.41, 5.74) is 0. The van der Waals surface area contributed by atoms with E-state index in [-0.39, 0.29) is 0 Å². The van der Waals surface area contributed by atoms with Crippen molar-refractivity contribution in [3.05, 3.63) is 0 Å². The minimum absolute atomic E-state index is 0.500. The van der Waals surface area contributed by atoms with Crippen molar-refractivity contribution in [2.45, 2.75) is 37.8 Å². The molecule has 4 aliphatic heterocycles. The fourth-order valence-electron chi connectivity index (χ4n) is 3.28. The third-order valence-electron chi connectivity index (χ3n) is 4.47. The summed E-state index contributed by atoms with van der Waals surface area (Å²) in [5, 5.41) is 18.5. The molecule has 0 spiro atoms. The van der Waals surface area contributed by atoms with E-state index in [1.165, 1.54) is 45.3 Å². The first-order valence-electron chi connectivity index (χ1n) is 7.60. The Hall–Kier alpha value is -1.18. The third-order valence-corrected chi connectivity index (χ3v) is 4.47. The highest BCUT2D eigenvalue weighted by Gasteiger charge is 2.34. The van der Waals surface area contributed by atoms with E-state index in [0.717, 1.165) is 25.1 Å². The lowest BCUT2D eigenvalue weighted by Gasteiger charge is -2.45. The van der Waals surface area contributed by atoms with E-state index in [1.807, 2.05) is 0 Å². The molecule has 3 N–H and O–H groups in total. The average molecular weight is 300 g/mol. The van der Waals surface area contributed by atoms with Crippen LogP contribution in [0, 0.1) is 5.92 Å². The van der Waals surface area contributed by atoms with Gasteiger partial charge < -0.3 is 25.2 Å². The van der Waals surface area contributed by atoms with Crippen LogP contribution in [0.15, 0.2) is 0 Å². The van der Waals surface area contributed by atoms with E-state index < -0.39 is 11.9 Å². The van der Waals surface area contributed by atoms with Gasteiger partial charge in [0.05, 0.1) is 6.10 Å². The van der Waals surface area contributed by atoms with Gasteiger partial charge >= 0.3 is 11.9 Å². The molecule has 0 aliphatic carbocycles. The molecule has 7 nitrogen and oxygen atoms in total. The SMILES string of the molecule is C1COC(CNC2CN3CCC2CC3)C1.O=C(O)C(=O)O. The van der Waals surface area contributed by atoms with Gasteiger partial charge in [0.2, 0.25) is 0 Å². The molecule has 4 fully saturated rings. The molecule has 2 atom stereocenters. The van der Waals surface area contributed by atoms with Crippen molar-refractivity contribution in [3.63, 3.8) is 0 Å². The predicted molar refractivity (Wildman–Crippen MR) is 75.2 cm³/mol. The van der Waals surface area contributed by atoms with Crippen LogP contribution in [0.1, 0.15) is 25.7 Å². The second-order valence-electron chi connectivity index (χ2n) is 5.90. The highest BCUT2D eigenvalue weighted by Crippen LogP contribution is 2.27. The molecule has 0 radical (unpaired) electrons. The smallest absolute Gasteiger partial charge is 0.414 e. The summed E-state index contributed by atoms with van der Waals surface area (Å²) in [5.74, 6) is -2.71. The molecule has 0 aromatic heterocycles. The lowest BCUT2D eigenvalue weighted by Crippen LogP contribution is -2.56. The third kappa shape index (κ3) is 4.94. The molecular formula is C14H24N2O5. The second-order valence-corrected chi connectivity index (χ2v) is 5.90. The van der Waals surface area contributed by atoms with Gasteiger partial charge in [0.25, 0.3) is 0 Å². The summed E-state index contributed by atoms with van der Waals surface area (Å²) in [4.78, 5) is 20.8. The van der Waals surface area contributed by atoms with E-state index in [1.54, 1.807) is 0 Å². The standard InChI is InChI=1S/C12H22N2O.C2H2O4/c1-2-11(15-7-1)8-13-12-9-14-5-3-10(12)4-6-14;3-1(4)2(5)6/h10-13H,1-9H2;(H,3,4)(H,5,6). The van der Waals surface area contributed by atoms with Crippen LogP contribution in [0.3, 0.4) is 0 Å². The van der Waals surface area contributed by atoms with Crippen LogP contribution < -0.4 is 5.32 Å². The Morgan fingerprint density at radius 1 is 1.14 bits per heavy atom. The zero-order chi connectivity index (χ0) is 15.2. The van der Waals surface area contributed by atoms with E-state index in [2.05, 4.69) is 10.2 Å². The molecule has 4 heterocycles. The number of carbonyl (C=O) groups is 2. The summed E-state index contributed by atoms with van der Waals surface area (Å²) < 4.78 is 5.65. The molecule has 0 aromatic rings. The highest BCUT2D eigenvalue weighted by atomic mass is 16.5. The van der Waals surface area contributed by atoms with E-state index >= 15 is 0 Å².